The van der Waals surface area contributed by atoms with Gasteiger partial charge in [-0.3, -0.25) is 4.79 Å². The van der Waals surface area contributed by atoms with Crippen molar-refractivity contribution >= 4 is 5.91 Å². The largest absolute Gasteiger partial charge is 0.369 e. The van der Waals surface area contributed by atoms with Gasteiger partial charge in [-0.05, 0) is 39.0 Å². The molecule has 0 bridgehead atoms. The van der Waals surface area contributed by atoms with Gasteiger partial charge < -0.3 is 10.6 Å². The van der Waals surface area contributed by atoms with Crippen molar-refractivity contribution in [3.8, 4) is 0 Å². The minimum atomic E-state index is -0.536. The van der Waals surface area contributed by atoms with Gasteiger partial charge >= 0.3 is 0 Å². The van der Waals surface area contributed by atoms with E-state index in [0.29, 0.717) is 0 Å². The monoisotopic (exact) mass is 234 g/mol. The minimum Gasteiger partial charge on any atom is -0.369 e. The molecule has 0 aliphatic rings. The molecule has 2 N–H and O–H groups in total. The van der Waals surface area contributed by atoms with Crippen molar-refractivity contribution in [2.45, 2.75) is 25.2 Å². The summed E-state index contributed by atoms with van der Waals surface area (Å²) < 4.78 is 0. The Labute approximate surface area is 104 Å². The Morgan fingerprint density at radius 1 is 1.29 bits per heavy atom. The van der Waals surface area contributed by atoms with E-state index in [1.54, 1.807) is 0 Å². The van der Waals surface area contributed by atoms with Gasteiger partial charge in [0.1, 0.15) is 0 Å². The number of hydrogen-bond acceptors (Lipinski definition) is 2. The maximum atomic E-state index is 11.9. The van der Waals surface area contributed by atoms with Crippen molar-refractivity contribution in [3.63, 3.8) is 0 Å². The Morgan fingerprint density at radius 2 is 1.88 bits per heavy atom. The Kier molecular flexibility index (Phi) is 4.70. The van der Waals surface area contributed by atoms with Gasteiger partial charge in [0, 0.05) is 0 Å². The molecular weight excluding hydrogens is 212 g/mol. The number of rotatable bonds is 6. The highest BCUT2D eigenvalue weighted by Crippen LogP contribution is 2.31. The van der Waals surface area contributed by atoms with Crippen LogP contribution in [-0.2, 0) is 10.2 Å². The summed E-state index contributed by atoms with van der Waals surface area (Å²) in [5, 5.41) is 0. The van der Waals surface area contributed by atoms with Crippen molar-refractivity contribution in [1.82, 2.24) is 4.90 Å². The molecule has 3 nitrogen and oxygen atoms in total. The van der Waals surface area contributed by atoms with E-state index in [9.17, 15) is 4.79 Å². The highest BCUT2D eigenvalue weighted by molar-refractivity contribution is 5.86. The standard InChI is InChI=1S/C14H22N2O/c1-4-14(13(15)17,10-11-16(2)3)12-8-6-5-7-9-12/h5-9H,4,10-11H2,1-3H3,(H2,15,17)/t14-/m0/s1. The second-order valence-corrected chi connectivity index (χ2v) is 4.72. The van der Waals surface area contributed by atoms with Crippen LogP contribution in [0.15, 0.2) is 30.3 Å². The van der Waals surface area contributed by atoms with E-state index in [1.807, 2.05) is 51.4 Å². The molecule has 0 aromatic heterocycles. The van der Waals surface area contributed by atoms with E-state index in [2.05, 4.69) is 4.90 Å². The lowest BCUT2D eigenvalue weighted by atomic mass is 9.74. The lowest BCUT2D eigenvalue weighted by Crippen LogP contribution is -2.42. The Morgan fingerprint density at radius 3 is 2.29 bits per heavy atom. The molecule has 1 aromatic rings. The van der Waals surface area contributed by atoms with E-state index in [4.69, 9.17) is 5.73 Å². The molecule has 0 heterocycles. The predicted molar refractivity (Wildman–Crippen MR) is 70.8 cm³/mol. The molecule has 1 rings (SSSR count). The van der Waals surface area contributed by atoms with E-state index in [-0.39, 0.29) is 5.91 Å². The van der Waals surface area contributed by atoms with E-state index in [0.717, 1.165) is 24.9 Å². The third-order valence-corrected chi connectivity index (χ3v) is 3.39. The number of benzene rings is 1. The Balaban J connectivity index is 3.05. The van der Waals surface area contributed by atoms with Crippen LogP contribution in [0.25, 0.3) is 0 Å². The molecule has 1 aromatic carbocycles. The van der Waals surface area contributed by atoms with Gasteiger partial charge in [-0.1, -0.05) is 37.3 Å². The molecule has 3 heteroatoms. The van der Waals surface area contributed by atoms with Gasteiger partial charge in [-0.15, -0.1) is 0 Å². The number of nitrogens with zero attached hydrogens (tertiary/aromatic N) is 1. The molecule has 0 unspecified atom stereocenters. The van der Waals surface area contributed by atoms with Gasteiger partial charge in [0.15, 0.2) is 0 Å². The lowest BCUT2D eigenvalue weighted by Gasteiger charge is -2.31. The summed E-state index contributed by atoms with van der Waals surface area (Å²) in [6, 6.07) is 9.85. The Hall–Kier alpha value is -1.35. The summed E-state index contributed by atoms with van der Waals surface area (Å²) in [4.78, 5) is 13.9. The first kappa shape index (κ1) is 13.7. The fourth-order valence-corrected chi connectivity index (χ4v) is 2.14. The van der Waals surface area contributed by atoms with Gasteiger partial charge in [-0.25, -0.2) is 0 Å². The van der Waals surface area contributed by atoms with Crippen molar-refractivity contribution < 1.29 is 4.79 Å². The van der Waals surface area contributed by atoms with Crippen LogP contribution in [0.2, 0.25) is 0 Å². The maximum Gasteiger partial charge on any atom is 0.228 e. The van der Waals surface area contributed by atoms with Crippen molar-refractivity contribution in [3.05, 3.63) is 35.9 Å². The van der Waals surface area contributed by atoms with E-state index < -0.39 is 5.41 Å². The molecule has 0 spiro atoms. The van der Waals surface area contributed by atoms with Crippen LogP contribution in [0.1, 0.15) is 25.3 Å². The third kappa shape index (κ3) is 3.07. The molecule has 94 valence electrons. The van der Waals surface area contributed by atoms with Crippen LogP contribution in [0.3, 0.4) is 0 Å². The normalized spacial score (nSPS) is 14.6. The zero-order valence-electron chi connectivity index (χ0n) is 10.9. The minimum absolute atomic E-state index is 0.229. The first-order valence-corrected chi connectivity index (χ1v) is 6.03. The molecule has 0 radical (unpaired) electrons. The summed E-state index contributed by atoms with van der Waals surface area (Å²) >= 11 is 0. The van der Waals surface area contributed by atoms with Crippen molar-refractivity contribution in [1.29, 1.82) is 0 Å². The highest BCUT2D eigenvalue weighted by atomic mass is 16.1. The number of carbonyl (C=O) groups is 1. The van der Waals surface area contributed by atoms with E-state index in [1.165, 1.54) is 0 Å². The van der Waals surface area contributed by atoms with Crippen LogP contribution < -0.4 is 5.73 Å². The SMILES string of the molecule is CC[C@@](CCN(C)C)(C(N)=O)c1ccccc1. The molecule has 0 aliphatic carbocycles. The van der Waals surface area contributed by atoms with Crippen molar-refractivity contribution in [2.75, 3.05) is 20.6 Å². The van der Waals surface area contributed by atoms with Crippen LogP contribution >= 0.6 is 0 Å². The maximum absolute atomic E-state index is 11.9. The zero-order chi connectivity index (χ0) is 12.9. The van der Waals surface area contributed by atoms with Gasteiger partial charge in [0.2, 0.25) is 5.91 Å². The first-order chi connectivity index (χ1) is 8.03. The summed E-state index contributed by atoms with van der Waals surface area (Å²) in [7, 11) is 4.01. The third-order valence-electron chi connectivity index (χ3n) is 3.39. The quantitative estimate of drug-likeness (QED) is 0.815. The first-order valence-electron chi connectivity index (χ1n) is 6.03. The molecule has 0 aliphatic heterocycles. The molecule has 0 saturated heterocycles. The number of primary amides is 1. The fourth-order valence-electron chi connectivity index (χ4n) is 2.14. The average Bonchev–Trinajstić information content (AvgIpc) is 2.31. The zero-order valence-corrected chi connectivity index (χ0v) is 10.9. The summed E-state index contributed by atoms with van der Waals surface area (Å²) in [5.74, 6) is -0.229. The van der Waals surface area contributed by atoms with Crippen LogP contribution in [0.4, 0.5) is 0 Å². The summed E-state index contributed by atoms with van der Waals surface area (Å²) in [6.07, 6.45) is 1.50. The molecule has 1 amide bonds. The fraction of sp³-hybridized carbons (Fsp3) is 0.500. The summed E-state index contributed by atoms with van der Waals surface area (Å²) in [6.45, 7) is 2.87. The van der Waals surface area contributed by atoms with Gasteiger partial charge in [-0.2, -0.15) is 0 Å². The summed E-state index contributed by atoms with van der Waals surface area (Å²) in [5.41, 5.74) is 6.13. The second kappa shape index (κ2) is 5.82. The predicted octanol–water partition coefficient (Wildman–Crippen LogP) is 1.77. The van der Waals surface area contributed by atoms with Crippen molar-refractivity contribution in [2.24, 2.45) is 5.73 Å². The lowest BCUT2D eigenvalue weighted by molar-refractivity contribution is -0.124. The van der Waals surface area contributed by atoms with E-state index >= 15 is 0 Å². The molecule has 17 heavy (non-hydrogen) atoms. The number of amides is 1. The molecule has 0 fully saturated rings. The molecular formula is C14H22N2O. The molecule has 1 atom stereocenters. The second-order valence-electron chi connectivity index (χ2n) is 4.72. The smallest absolute Gasteiger partial charge is 0.228 e. The molecule has 0 saturated carbocycles. The number of carbonyl (C=O) groups excluding carboxylic acids is 1. The van der Waals surface area contributed by atoms with Crippen LogP contribution in [-0.4, -0.2) is 31.4 Å². The number of nitrogens with two attached hydrogens (primary N) is 1. The Bertz CT molecular complexity index is 362. The van der Waals surface area contributed by atoms with Crippen LogP contribution in [0.5, 0.6) is 0 Å². The number of hydrogen-bond donors (Lipinski definition) is 1. The van der Waals surface area contributed by atoms with Gasteiger partial charge in [0.05, 0.1) is 5.41 Å². The average molecular weight is 234 g/mol. The topological polar surface area (TPSA) is 46.3 Å². The van der Waals surface area contributed by atoms with Crippen LogP contribution in [0, 0.1) is 0 Å². The van der Waals surface area contributed by atoms with Gasteiger partial charge in [0.25, 0.3) is 0 Å². The highest BCUT2D eigenvalue weighted by Gasteiger charge is 2.36.